The molecule has 2 atom stereocenters. The Morgan fingerprint density at radius 3 is 1.28 bits per heavy atom. The van der Waals surface area contributed by atoms with Crippen molar-refractivity contribution in [3.05, 3.63) is 243 Å². The van der Waals surface area contributed by atoms with Crippen LogP contribution in [-0.4, -0.2) is 29.2 Å². The smallest absolute Gasteiger partial charge is 0.203 e. The van der Waals surface area contributed by atoms with Gasteiger partial charge >= 0.3 is 0 Å². The molecule has 0 radical (unpaired) electrons. The van der Waals surface area contributed by atoms with Crippen LogP contribution in [0.2, 0.25) is 0 Å². The number of rotatable bonds is 23. The molecular formula is C58H49BrF2O10. The van der Waals surface area contributed by atoms with Crippen LogP contribution in [0.15, 0.2) is 186 Å². The number of aromatic hydroxyl groups is 1. The van der Waals surface area contributed by atoms with Gasteiger partial charge in [0.1, 0.15) is 91.0 Å². The minimum absolute atomic E-state index is 0.0102. The summed E-state index contributed by atoms with van der Waals surface area (Å²) in [6.07, 6.45) is -3.40. The fourth-order valence-electron chi connectivity index (χ4n) is 7.46. The van der Waals surface area contributed by atoms with E-state index in [-0.39, 0.29) is 95.5 Å². The topological polar surface area (TPSA) is 122 Å². The Morgan fingerprint density at radius 2 is 0.845 bits per heavy atom. The van der Waals surface area contributed by atoms with Crippen molar-refractivity contribution in [3.63, 3.8) is 0 Å². The summed E-state index contributed by atoms with van der Waals surface area (Å²) in [6.45, 7) is 0.246. The fourth-order valence-corrected chi connectivity index (χ4v) is 8.01. The van der Waals surface area contributed by atoms with Crippen LogP contribution < -0.4 is 28.4 Å². The lowest BCUT2D eigenvalue weighted by atomic mass is 9.95. The van der Waals surface area contributed by atoms with E-state index in [1.54, 1.807) is 42.5 Å². The molecule has 2 unspecified atom stereocenters. The van der Waals surface area contributed by atoms with Gasteiger partial charge in [-0.15, -0.1) is 0 Å². The van der Waals surface area contributed by atoms with E-state index in [4.69, 9.17) is 33.2 Å². The lowest BCUT2D eigenvalue weighted by Gasteiger charge is -2.28. The van der Waals surface area contributed by atoms with Crippen molar-refractivity contribution in [1.82, 2.24) is 0 Å². The highest BCUT2D eigenvalue weighted by atomic mass is 79.9. The molecule has 0 aliphatic rings. The second-order valence-electron chi connectivity index (χ2n) is 16.3. The Bertz CT molecular complexity index is 2910. The van der Waals surface area contributed by atoms with E-state index in [2.05, 4.69) is 15.9 Å². The van der Waals surface area contributed by atoms with Crippen molar-refractivity contribution in [3.8, 4) is 40.2 Å². The average molecular weight is 1020 g/mol. The zero-order chi connectivity index (χ0) is 49.5. The molecule has 8 aromatic rings. The maximum Gasteiger partial charge on any atom is 0.203 e. The number of carbonyl (C=O) groups is 1. The molecule has 8 rings (SSSR count). The molecule has 0 aliphatic carbocycles. The lowest BCUT2D eigenvalue weighted by Crippen LogP contribution is -2.30. The molecule has 0 fully saturated rings. The van der Waals surface area contributed by atoms with Gasteiger partial charge in [-0.25, -0.2) is 8.78 Å². The summed E-state index contributed by atoms with van der Waals surface area (Å²) in [4.78, 5) is 15.1. The molecule has 71 heavy (non-hydrogen) atoms. The standard InChI is InChI=1S/C58H49BrF2O10/c1-65-58(52-48(66-34-41-17-23-45(60)24-18-41)31-49(67-35-42-19-25-46(61)26-20-42)53(59)57(52)71-37-43-21-27-47(62)28-22-43)55(64)54(63)44-29-50(68-32-38-11-5-2-6-12-38)56(70-36-40-15-9-4-10-16-40)51(30-44)69-33-39-13-7-3-8-14-39/h2-31,55,58,62,64H,32-37H2,1H3. The van der Waals surface area contributed by atoms with Crippen LogP contribution in [0.3, 0.4) is 0 Å². The molecule has 0 saturated carbocycles. The van der Waals surface area contributed by atoms with Gasteiger partial charge in [0.15, 0.2) is 17.3 Å². The fraction of sp³-hybridized carbons (Fsp3) is 0.155. The maximum atomic E-state index is 15.1. The largest absolute Gasteiger partial charge is 0.508 e. The minimum atomic E-state index is -1.93. The van der Waals surface area contributed by atoms with Crippen molar-refractivity contribution in [2.24, 2.45) is 0 Å². The van der Waals surface area contributed by atoms with Crippen molar-refractivity contribution in [2.75, 3.05) is 7.11 Å². The molecule has 10 nitrogen and oxygen atoms in total. The third-order valence-corrected chi connectivity index (χ3v) is 12.0. The van der Waals surface area contributed by atoms with Gasteiger partial charge in [0.2, 0.25) is 5.75 Å². The highest BCUT2D eigenvalue weighted by Gasteiger charge is 2.37. The van der Waals surface area contributed by atoms with Crippen LogP contribution in [0, 0.1) is 11.6 Å². The summed E-state index contributed by atoms with van der Waals surface area (Å²) < 4.78 is 72.9. The zero-order valence-corrected chi connectivity index (χ0v) is 40.1. The predicted molar refractivity (Wildman–Crippen MR) is 267 cm³/mol. The van der Waals surface area contributed by atoms with Crippen LogP contribution >= 0.6 is 15.9 Å². The maximum absolute atomic E-state index is 15.1. The number of hydrogen-bond donors (Lipinski definition) is 2. The summed E-state index contributed by atoms with van der Waals surface area (Å²) in [6, 6.07) is 51.1. The summed E-state index contributed by atoms with van der Waals surface area (Å²) in [5.41, 5.74) is 4.66. The van der Waals surface area contributed by atoms with Gasteiger partial charge < -0.3 is 43.4 Å². The number of benzene rings is 8. The van der Waals surface area contributed by atoms with Gasteiger partial charge in [-0.3, -0.25) is 4.79 Å². The number of Topliss-reactive ketones (excluding diaryl/α,β-unsaturated/α-hetero) is 1. The highest BCUT2D eigenvalue weighted by Crippen LogP contribution is 2.49. The second kappa shape index (κ2) is 24.2. The quantitative estimate of drug-likeness (QED) is 0.0599. The van der Waals surface area contributed by atoms with Crippen LogP contribution in [0.5, 0.6) is 40.2 Å². The van der Waals surface area contributed by atoms with Gasteiger partial charge in [-0.05, 0) is 97.8 Å². The van der Waals surface area contributed by atoms with Crippen LogP contribution in [0.25, 0.3) is 0 Å². The molecule has 362 valence electrons. The molecule has 2 N–H and O–H groups in total. The Labute approximate surface area is 418 Å². The number of ether oxygens (including phenoxy) is 7. The van der Waals surface area contributed by atoms with E-state index in [1.165, 1.54) is 55.6 Å². The van der Waals surface area contributed by atoms with Crippen LogP contribution in [0.4, 0.5) is 8.78 Å². The number of aliphatic hydroxyl groups excluding tert-OH is 1. The SMILES string of the molecule is COC(c1c(OCc2ccc(F)cc2)cc(OCc2ccc(F)cc2)c(Br)c1OCc1ccc(O)cc1)C(O)C(=O)c1cc(OCc2ccccc2)c(OCc2ccccc2)c(OCc2ccccc2)c1. The van der Waals surface area contributed by atoms with E-state index in [9.17, 15) is 19.0 Å². The van der Waals surface area contributed by atoms with Crippen LogP contribution in [-0.2, 0) is 44.4 Å². The predicted octanol–water partition coefficient (Wildman–Crippen LogP) is 12.8. The minimum Gasteiger partial charge on any atom is -0.508 e. The molecule has 0 amide bonds. The number of halogens is 3. The molecule has 0 heterocycles. The number of phenolic OH excluding ortho intramolecular Hbond substituents is 1. The van der Waals surface area contributed by atoms with Crippen molar-refractivity contribution in [1.29, 1.82) is 0 Å². The lowest BCUT2D eigenvalue weighted by molar-refractivity contribution is -0.00715. The van der Waals surface area contributed by atoms with Gasteiger partial charge in [-0.1, -0.05) is 127 Å². The van der Waals surface area contributed by atoms with Gasteiger partial charge in [-0.2, -0.15) is 0 Å². The summed E-state index contributed by atoms with van der Waals surface area (Å²) >= 11 is 3.68. The number of carbonyl (C=O) groups excluding carboxylic acids is 1. The molecule has 0 spiro atoms. The first-order valence-corrected chi connectivity index (χ1v) is 23.4. The third-order valence-electron chi connectivity index (χ3n) is 11.2. The first-order valence-electron chi connectivity index (χ1n) is 22.6. The number of aliphatic hydroxyl groups is 1. The molecule has 0 saturated heterocycles. The summed E-state index contributed by atoms with van der Waals surface area (Å²) in [5, 5.41) is 22.5. The summed E-state index contributed by atoms with van der Waals surface area (Å²) in [5.74, 6) is -0.521. The zero-order valence-electron chi connectivity index (χ0n) is 38.5. The molecule has 8 aromatic carbocycles. The molecule has 0 aromatic heterocycles. The van der Waals surface area contributed by atoms with Crippen molar-refractivity contribution in [2.45, 2.75) is 51.8 Å². The van der Waals surface area contributed by atoms with E-state index in [1.807, 2.05) is 91.0 Å². The van der Waals surface area contributed by atoms with E-state index in [0.717, 1.165) is 16.7 Å². The first kappa shape index (κ1) is 49.7. The number of hydrogen-bond acceptors (Lipinski definition) is 10. The first-order chi connectivity index (χ1) is 34.6. The van der Waals surface area contributed by atoms with Crippen molar-refractivity contribution < 1.29 is 56.9 Å². The molecular weight excluding hydrogens is 975 g/mol. The summed E-state index contributed by atoms with van der Waals surface area (Å²) in [7, 11) is 1.34. The van der Waals surface area contributed by atoms with Crippen LogP contribution in [0.1, 0.15) is 55.4 Å². The average Bonchev–Trinajstić information content (AvgIpc) is 3.40. The molecule has 13 heteroatoms. The second-order valence-corrected chi connectivity index (χ2v) is 17.1. The van der Waals surface area contributed by atoms with Gasteiger partial charge in [0.05, 0.1) is 5.56 Å². The Balaban J connectivity index is 1.21. The number of methoxy groups -OCH3 is 1. The van der Waals surface area contributed by atoms with E-state index in [0.29, 0.717) is 16.7 Å². The molecule has 0 bridgehead atoms. The Morgan fingerprint density at radius 1 is 0.479 bits per heavy atom. The highest BCUT2D eigenvalue weighted by molar-refractivity contribution is 9.10. The van der Waals surface area contributed by atoms with Gasteiger partial charge in [0, 0.05) is 18.7 Å². The monoisotopic (exact) mass is 1020 g/mol. The Kier molecular flexibility index (Phi) is 17.0. The van der Waals surface area contributed by atoms with E-state index < -0.39 is 29.6 Å². The Hall–Kier alpha value is -7.71. The third kappa shape index (κ3) is 13.3. The van der Waals surface area contributed by atoms with E-state index >= 15 is 4.79 Å². The molecule has 0 aliphatic heterocycles. The number of phenols is 1. The van der Waals surface area contributed by atoms with Crippen molar-refractivity contribution >= 4 is 21.7 Å². The van der Waals surface area contributed by atoms with Gasteiger partial charge in [0.25, 0.3) is 0 Å². The normalized spacial score (nSPS) is 11.8. The number of ketones is 1.